The quantitative estimate of drug-likeness (QED) is 0.800. The fourth-order valence-corrected chi connectivity index (χ4v) is 1.92. The molecule has 7 heteroatoms. The summed E-state index contributed by atoms with van der Waals surface area (Å²) in [7, 11) is 0. The zero-order valence-electron chi connectivity index (χ0n) is 10.5. The number of hydrogen-bond donors (Lipinski definition) is 0. The van der Waals surface area contributed by atoms with Gasteiger partial charge in [0.1, 0.15) is 17.7 Å². The van der Waals surface area contributed by atoms with Gasteiger partial charge in [0.05, 0.1) is 5.56 Å². The maximum absolute atomic E-state index is 13.1. The molecular weight excluding hydrogens is 280 g/mol. The van der Waals surface area contributed by atoms with Crippen LogP contribution in [-0.4, -0.2) is 24.6 Å². The van der Waals surface area contributed by atoms with E-state index >= 15 is 0 Å². The lowest BCUT2D eigenvalue weighted by atomic mass is 9.90. The fourth-order valence-electron chi connectivity index (χ4n) is 1.92. The summed E-state index contributed by atoms with van der Waals surface area (Å²) in [6, 6.07) is 2.37. The monoisotopic (exact) mass is 292 g/mol. The van der Waals surface area contributed by atoms with Gasteiger partial charge in [-0.2, -0.15) is 13.2 Å². The molecule has 0 spiro atoms. The van der Waals surface area contributed by atoms with Gasteiger partial charge in [0.25, 0.3) is 0 Å². The molecule has 0 aromatic heterocycles. The van der Waals surface area contributed by atoms with Gasteiger partial charge in [0, 0.05) is 13.0 Å². The molecule has 2 rings (SSSR count). The van der Waals surface area contributed by atoms with Gasteiger partial charge in [-0.25, -0.2) is 4.39 Å². The van der Waals surface area contributed by atoms with Crippen LogP contribution in [0.1, 0.15) is 18.9 Å². The van der Waals surface area contributed by atoms with Crippen molar-refractivity contribution in [1.29, 1.82) is 0 Å². The van der Waals surface area contributed by atoms with Crippen LogP contribution < -0.4 is 4.74 Å². The molecule has 1 fully saturated rings. The highest BCUT2D eigenvalue weighted by atomic mass is 19.4. The van der Waals surface area contributed by atoms with Crippen LogP contribution in [0.25, 0.3) is 0 Å². The van der Waals surface area contributed by atoms with E-state index in [0.717, 1.165) is 6.07 Å². The van der Waals surface area contributed by atoms with Crippen molar-refractivity contribution < 1.29 is 31.8 Å². The predicted octanol–water partition coefficient (Wildman–Crippen LogP) is 2.97. The van der Waals surface area contributed by atoms with Gasteiger partial charge in [0.2, 0.25) is 0 Å². The van der Waals surface area contributed by atoms with Crippen molar-refractivity contribution in [3.05, 3.63) is 29.6 Å². The van der Waals surface area contributed by atoms with E-state index in [-0.39, 0.29) is 18.0 Å². The largest absolute Gasteiger partial charge is 0.487 e. The van der Waals surface area contributed by atoms with Crippen LogP contribution in [0.2, 0.25) is 0 Å². The van der Waals surface area contributed by atoms with Gasteiger partial charge in [0.15, 0.2) is 11.9 Å². The summed E-state index contributed by atoms with van der Waals surface area (Å²) in [5.41, 5.74) is -1.39. The molecule has 1 aromatic rings. The number of hydrogen-bond acceptors (Lipinski definition) is 3. The molecule has 1 aliphatic rings. The maximum Gasteiger partial charge on any atom is 0.419 e. The van der Waals surface area contributed by atoms with Crippen LogP contribution in [0, 0.1) is 5.82 Å². The molecule has 20 heavy (non-hydrogen) atoms. The third-order valence-electron chi connectivity index (χ3n) is 2.93. The molecule has 0 saturated heterocycles. The Hall–Kier alpha value is -1.63. The highest BCUT2D eigenvalue weighted by Gasteiger charge is 2.43. The maximum atomic E-state index is 13.1. The Kier molecular flexibility index (Phi) is 3.99. The fraction of sp³-hybridized carbons (Fsp3) is 0.462. The lowest BCUT2D eigenvalue weighted by Gasteiger charge is -2.34. The molecule has 3 nitrogen and oxygen atoms in total. The van der Waals surface area contributed by atoms with E-state index < -0.39 is 29.8 Å². The Labute approximate surface area is 112 Å². The second kappa shape index (κ2) is 5.40. The molecule has 0 bridgehead atoms. The molecule has 0 radical (unpaired) electrons. The van der Waals surface area contributed by atoms with Gasteiger partial charge in [-0.15, -0.1) is 0 Å². The Bertz CT molecular complexity index is 513. The normalized spacial score (nSPS) is 22.6. The molecule has 2 unspecified atom stereocenters. The summed E-state index contributed by atoms with van der Waals surface area (Å²) in [6.45, 7) is 2.00. The van der Waals surface area contributed by atoms with E-state index in [0.29, 0.717) is 18.7 Å². The molecule has 1 aliphatic carbocycles. The highest BCUT2D eigenvalue weighted by Crippen LogP contribution is 2.35. The minimum absolute atomic E-state index is 0.0728. The number of Topliss-reactive ketones (excluding diaryl/α,β-unsaturated/α-hetero) is 1. The lowest BCUT2D eigenvalue weighted by molar-refractivity contribution is -0.154. The first-order valence-corrected chi connectivity index (χ1v) is 6.00. The summed E-state index contributed by atoms with van der Waals surface area (Å²) < 4.78 is 61.1. The van der Waals surface area contributed by atoms with Crippen molar-refractivity contribution in [2.45, 2.75) is 31.7 Å². The van der Waals surface area contributed by atoms with Gasteiger partial charge >= 0.3 is 6.18 Å². The van der Waals surface area contributed by atoms with Crippen molar-refractivity contribution in [1.82, 2.24) is 0 Å². The number of halogens is 4. The first-order chi connectivity index (χ1) is 9.32. The van der Waals surface area contributed by atoms with Crippen molar-refractivity contribution in [3.8, 4) is 5.75 Å². The molecule has 0 heterocycles. The van der Waals surface area contributed by atoms with Crippen LogP contribution in [-0.2, 0) is 15.7 Å². The summed E-state index contributed by atoms with van der Waals surface area (Å²) in [4.78, 5) is 11.3. The topological polar surface area (TPSA) is 35.5 Å². The van der Waals surface area contributed by atoms with E-state index in [2.05, 4.69) is 0 Å². The van der Waals surface area contributed by atoms with E-state index in [9.17, 15) is 22.4 Å². The van der Waals surface area contributed by atoms with Crippen LogP contribution >= 0.6 is 0 Å². The third kappa shape index (κ3) is 2.92. The zero-order valence-corrected chi connectivity index (χ0v) is 10.5. The number of ketones is 1. The van der Waals surface area contributed by atoms with Crippen LogP contribution in [0.15, 0.2) is 18.2 Å². The van der Waals surface area contributed by atoms with Crippen LogP contribution in [0.3, 0.4) is 0 Å². The Morgan fingerprint density at radius 2 is 2.05 bits per heavy atom. The van der Waals surface area contributed by atoms with Gasteiger partial charge in [-0.05, 0) is 25.1 Å². The van der Waals surface area contributed by atoms with Crippen LogP contribution in [0.4, 0.5) is 17.6 Å². The Morgan fingerprint density at radius 3 is 2.60 bits per heavy atom. The number of rotatable bonds is 4. The predicted molar refractivity (Wildman–Crippen MR) is 60.9 cm³/mol. The molecule has 1 saturated carbocycles. The third-order valence-corrected chi connectivity index (χ3v) is 2.93. The van der Waals surface area contributed by atoms with E-state index in [1.165, 1.54) is 0 Å². The van der Waals surface area contributed by atoms with E-state index in [4.69, 9.17) is 9.47 Å². The molecule has 0 N–H and O–H groups in total. The minimum Gasteiger partial charge on any atom is -0.487 e. The zero-order chi connectivity index (χ0) is 14.9. The molecule has 1 aromatic carbocycles. The van der Waals surface area contributed by atoms with Gasteiger partial charge in [-0.1, -0.05) is 0 Å². The summed E-state index contributed by atoms with van der Waals surface area (Å²) in [6.07, 6.45) is -6.12. The molecule has 0 aliphatic heterocycles. The molecule has 110 valence electrons. The van der Waals surface area contributed by atoms with Gasteiger partial charge < -0.3 is 9.47 Å². The molecular formula is C13H12F4O3. The van der Waals surface area contributed by atoms with Crippen molar-refractivity contribution >= 4 is 5.78 Å². The second-order valence-electron chi connectivity index (χ2n) is 4.34. The first kappa shape index (κ1) is 14.8. The summed E-state index contributed by atoms with van der Waals surface area (Å²) in [5, 5.41) is 0. The second-order valence-corrected chi connectivity index (χ2v) is 4.34. The van der Waals surface area contributed by atoms with Gasteiger partial charge in [-0.3, -0.25) is 4.79 Å². The van der Waals surface area contributed by atoms with Crippen molar-refractivity contribution in [3.63, 3.8) is 0 Å². The number of carbonyl (C=O) groups is 1. The Morgan fingerprint density at radius 1 is 1.35 bits per heavy atom. The number of alkyl halides is 3. The number of ether oxygens (including phenoxy) is 2. The molecule has 0 amide bonds. The van der Waals surface area contributed by atoms with Crippen molar-refractivity contribution in [2.24, 2.45) is 0 Å². The summed E-state index contributed by atoms with van der Waals surface area (Å²) in [5.74, 6) is -1.66. The van der Waals surface area contributed by atoms with Crippen LogP contribution in [0.5, 0.6) is 5.75 Å². The highest BCUT2D eigenvalue weighted by molar-refractivity contribution is 5.90. The Balaban J connectivity index is 2.13. The van der Waals surface area contributed by atoms with E-state index in [1.54, 1.807) is 6.92 Å². The SMILES string of the molecule is CCOC1C(=O)CC1Oc1ccc(F)c(C(F)(F)F)c1. The average Bonchev–Trinajstić information content (AvgIpc) is 2.36. The smallest absolute Gasteiger partial charge is 0.419 e. The number of carbonyl (C=O) groups excluding carboxylic acids is 1. The first-order valence-electron chi connectivity index (χ1n) is 6.00. The molecule has 2 atom stereocenters. The minimum atomic E-state index is -4.79. The summed E-state index contributed by atoms with van der Waals surface area (Å²) >= 11 is 0. The number of benzene rings is 1. The average molecular weight is 292 g/mol. The van der Waals surface area contributed by atoms with Crippen molar-refractivity contribution in [2.75, 3.05) is 6.61 Å². The lowest BCUT2D eigenvalue weighted by Crippen LogP contribution is -2.52. The standard InChI is InChI=1S/C13H12F4O3/c1-2-19-12-10(18)6-11(12)20-7-3-4-9(14)8(5-7)13(15,16)17/h3-5,11-12H,2,6H2,1H3. The van der Waals surface area contributed by atoms with E-state index in [1.807, 2.05) is 0 Å².